The Labute approximate surface area is 89.5 Å². The van der Waals surface area contributed by atoms with Crippen molar-refractivity contribution in [3.05, 3.63) is 36.0 Å². The molecule has 0 saturated carbocycles. The van der Waals surface area contributed by atoms with E-state index in [1.807, 2.05) is 12.1 Å². The fraction of sp³-hybridized carbons (Fsp3) is 0.308. The molecule has 0 aliphatic rings. The van der Waals surface area contributed by atoms with E-state index < -0.39 is 0 Å². The monoisotopic (exact) mass is 201 g/mol. The zero-order valence-corrected chi connectivity index (χ0v) is 9.10. The van der Waals surface area contributed by atoms with Crippen molar-refractivity contribution in [2.24, 2.45) is 0 Å². The highest BCUT2D eigenvalue weighted by atomic mass is 16.1. The molecule has 2 nitrogen and oxygen atoms in total. The van der Waals surface area contributed by atoms with Crippen LogP contribution in [-0.2, 0) is 11.2 Å². The first-order chi connectivity index (χ1) is 7.24. The molecule has 78 valence electrons. The predicted molar refractivity (Wildman–Crippen MR) is 62.1 cm³/mol. The van der Waals surface area contributed by atoms with Crippen LogP contribution in [0.2, 0.25) is 0 Å². The number of hydrogen-bond donors (Lipinski definition) is 0. The molecule has 1 aromatic heterocycles. The molecule has 0 aliphatic heterocycles. The summed E-state index contributed by atoms with van der Waals surface area (Å²) in [6, 6.07) is 10.7. The van der Waals surface area contributed by atoms with E-state index in [4.69, 9.17) is 0 Å². The van der Waals surface area contributed by atoms with E-state index in [1.54, 1.807) is 0 Å². The fourth-order valence-electron chi connectivity index (χ4n) is 2.09. The van der Waals surface area contributed by atoms with Crippen molar-refractivity contribution >= 4 is 17.2 Å². The molecule has 0 fully saturated rings. The van der Waals surface area contributed by atoms with Gasteiger partial charge in [-0.05, 0) is 31.4 Å². The van der Waals surface area contributed by atoms with Gasteiger partial charge in [-0.15, -0.1) is 0 Å². The van der Waals surface area contributed by atoms with Gasteiger partial charge in [0.2, 0.25) is 0 Å². The lowest BCUT2D eigenvalue weighted by molar-refractivity contribution is -0.107. The maximum absolute atomic E-state index is 10.6. The van der Waals surface area contributed by atoms with E-state index in [1.165, 1.54) is 10.9 Å². The quantitative estimate of drug-likeness (QED) is 0.700. The zero-order chi connectivity index (χ0) is 10.8. The molecule has 0 N–H and O–H groups in total. The first-order valence-corrected chi connectivity index (χ1v) is 5.26. The largest absolute Gasteiger partial charge is 0.342 e. The summed E-state index contributed by atoms with van der Waals surface area (Å²) in [7, 11) is 0. The summed E-state index contributed by atoms with van der Waals surface area (Å²) >= 11 is 0. The molecule has 0 atom stereocenters. The van der Waals surface area contributed by atoms with Crippen molar-refractivity contribution in [2.75, 3.05) is 0 Å². The molecule has 15 heavy (non-hydrogen) atoms. The molecule has 0 spiro atoms. The summed E-state index contributed by atoms with van der Waals surface area (Å²) in [6.07, 6.45) is 1.46. The Morgan fingerprint density at radius 3 is 2.73 bits per heavy atom. The van der Waals surface area contributed by atoms with Crippen LogP contribution in [0.25, 0.3) is 10.9 Å². The van der Waals surface area contributed by atoms with Crippen LogP contribution in [0.15, 0.2) is 30.3 Å². The lowest BCUT2D eigenvalue weighted by atomic mass is 10.2. The minimum Gasteiger partial charge on any atom is -0.342 e. The Hall–Kier alpha value is -1.57. The van der Waals surface area contributed by atoms with Gasteiger partial charge >= 0.3 is 0 Å². The van der Waals surface area contributed by atoms with Crippen molar-refractivity contribution in [1.29, 1.82) is 0 Å². The van der Waals surface area contributed by atoms with Gasteiger partial charge in [0.05, 0.1) is 0 Å². The highest BCUT2D eigenvalue weighted by Crippen LogP contribution is 2.23. The third-order valence-corrected chi connectivity index (χ3v) is 2.64. The maximum atomic E-state index is 10.6. The number of para-hydroxylation sites is 1. The highest BCUT2D eigenvalue weighted by Gasteiger charge is 2.09. The second-order valence-electron chi connectivity index (χ2n) is 4.03. The standard InChI is InChI=1S/C13H15NO/c1-10(2)14-12(7-8-15)9-11-5-3-4-6-13(11)14/h3-6,8-10H,7H2,1-2H3. The second-order valence-corrected chi connectivity index (χ2v) is 4.03. The molecule has 0 bridgehead atoms. The zero-order valence-electron chi connectivity index (χ0n) is 9.10. The van der Waals surface area contributed by atoms with E-state index in [-0.39, 0.29) is 0 Å². The lowest BCUT2D eigenvalue weighted by Crippen LogP contribution is -2.05. The molecule has 0 amide bonds. The van der Waals surface area contributed by atoms with E-state index in [0.29, 0.717) is 12.5 Å². The van der Waals surface area contributed by atoms with Gasteiger partial charge in [0.1, 0.15) is 6.29 Å². The maximum Gasteiger partial charge on any atom is 0.125 e. The number of carbonyl (C=O) groups is 1. The van der Waals surface area contributed by atoms with Gasteiger partial charge < -0.3 is 9.36 Å². The summed E-state index contributed by atoms with van der Waals surface area (Å²) in [5.74, 6) is 0. The van der Waals surface area contributed by atoms with Gasteiger partial charge in [0.25, 0.3) is 0 Å². The van der Waals surface area contributed by atoms with Crippen molar-refractivity contribution in [1.82, 2.24) is 4.57 Å². The molecule has 2 rings (SSSR count). The average Bonchev–Trinajstić information content (AvgIpc) is 2.56. The van der Waals surface area contributed by atoms with Crippen molar-refractivity contribution in [3.8, 4) is 0 Å². The summed E-state index contributed by atoms with van der Waals surface area (Å²) < 4.78 is 2.23. The SMILES string of the molecule is CC(C)n1c(CC=O)cc2ccccc21. The number of nitrogens with zero attached hydrogens (tertiary/aromatic N) is 1. The van der Waals surface area contributed by atoms with Crippen LogP contribution < -0.4 is 0 Å². The molecule has 0 aliphatic carbocycles. The topological polar surface area (TPSA) is 22.0 Å². The minimum atomic E-state index is 0.389. The van der Waals surface area contributed by atoms with Gasteiger partial charge in [-0.25, -0.2) is 0 Å². The number of fused-ring (bicyclic) bond motifs is 1. The van der Waals surface area contributed by atoms with E-state index in [9.17, 15) is 4.79 Å². The van der Waals surface area contributed by atoms with Crippen molar-refractivity contribution in [3.63, 3.8) is 0 Å². The van der Waals surface area contributed by atoms with Gasteiger partial charge in [0, 0.05) is 23.7 Å². The summed E-state index contributed by atoms with van der Waals surface area (Å²) in [6.45, 7) is 4.28. The molecular formula is C13H15NO. The number of aldehydes is 1. The number of hydrogen-bond acceptors (Lipinski definition) is 1. The number of benzene rings is 1. The number of rotatable bonds is 3. The summed E-state index contributed by atoms with van der Waals surface area (Å²) in [5, 5.41) is 1.21. The van der Waals surface area contributed by atoms with E-state index in [2.05, 4.69) is 36.6 Å². The number of aromatic nitrogens is 1. The van der Waals surface area contributed by atoms with Crippen LogP contribution in [0.3, 0.4) is 0 Å². The smallest absolute Gasteiger partial charge is 0.125 e. The van der Waals surface area contributed by atoms with Gasteiger partial charge in [-0.2, -0.15) is 0 Å². The third-order valence-electron chi connectivity index (χ3n) is 2.64. The molecular weight excluding hydrogens is 186 g/mol. The summed E-state index contributed by atoms with van der Waals surface area (Å²) in [4.78, 5) is 10.6. The van der Waals surface area contributed by atoms with Crippen molar-refractivity contribution in [2.45, 2.75) is 26.3 Å². The first-order valence-electron chi connectivity index (χ1n) is 5.26. The molecule has 1 heterocycles. The van der Waals surface area contributed by atoms with Crippen molar-refractivity contribution < 1.29 is 4.79 Å². The normalized spacial score (nSPS) is 11.1. The molecule has 0 radical (unpaired) electrons. The van der Waals surface area contributed by atoms with Crippen LogP contribution in [0.5, 0.6) is 0 Å². The van der Waals surface area contributed by atoms with Crippen LogP contribution >= 0.6 is 0 Å². The second kappa shape index (κ2) is 3.89. The Bertz CT molecular complexity index is 482. The Morgan fingerprint density at radius 1 is 1.33 bits per heavy atom. The van der Waals surface area contributed by atoms with Crippen LogP contribution in [0.1, 0.15) is 25.6 Å². The molecule has 2 heteroatoms. The van der Waals surface area contributed by atoms with E-state index in [0.717, 1.165) is 12.0 Å². The Morgan fingerprint density at radius 2 is 2.07 bits per heavy atom. The Balaban J connectivity index is 2.68. The molecule has 0 unspecified atom stereocenters. The van der Waals surface area contributed by atoms with E-state index >= 15 is 0 Å². The van der Waals surface area contributed by atoms with Crippen LogP contribution in [0.4, 0.5) is 0 Å². The third kappa shape index (κ3) is 1.67. The van der Waals surface area contributed by atoms with Crippen LogP contribution in [-0.4, -0.2) is 10.9 Å². The number of carbonyl (C=O) groups excluding carboxylic acids is 1. The highest BCUT2D eigenvalue weighted by molar-refractivity contribution is 5.82. The lowest BCUT2D eigenvalue weighted by Gasteiger charge is -2.13. The molecule has 0 saturated heterocycles. The predicted octanol–water partition coefficient (Wildman–Crippen LogP) is 2.96. The Kier molecular flexibility index (Phi) is 2.58. The fourth-order valence-corrected chi connectivity index (χ4v) is 2.09. The average molecular weight is 201 g/mol. The van der Waals surface area contributed by atoms with Crippen LogP contribution in [0, 0.1) is 0 Å². The van der Waals surface area contributed by atoms with Gasteiger partial charge in [0.15, 0.2) is 0 Å². The first kappa shape index (κ1) is 9.97. The molecule has 2 aromatic rings. The van der Waals surface area contributed by atoms with Gasteiger partial charge in [-0.3, -0.25) is 0 Å². The minimum absolute atomic E-state index is 0.389. The summed E-state index contributed by atoms with van der Waals surface area (Å²) in [5.41, 5.74) is 2.31. The van der Waals surface area contributed by atoms with Gasteiger partial charge in [-0.1, -0.05) is 18.2 Å². The molecule has 1 aromatic carbocycles.